The number of hydrogen-bond donors (Lipinski definition) is 1. The molecule has 1 aromatic rings. The molecule has 0 aromatic heterocycles. The van der Waals surface area contributed by atoms with Gasteiger partial charge in [0.2, 0.25) is 6.41 Å². The molecule has 3 rings (SSSR count). The Kier molecular flexibility index (Phi) is 6.70. The standard InChI is InChI=1S/C21H33NO2/c1-17(18-11-5-2-6-12-18)24-21(23)22(19-13-7-3-8-14-19)20-15-9-4-10-16-20/h2,5-6,11-12,17,19-21,23H,3-4,7-10,13-16H2,1H3. The van der Waals surface area contributed by atoms with Crippen molar-refractivity contribution in [3.8, 4) is 0 Å². The van der Waals surface area contributed by atoms with Crippen molar-refractivity contribution in [2.24, 2.45) is 0 Å². The number of hydrogen-bond acceptors (Lipinski definition) is 3. The lowest BCUT2D eigenvalue weighted by atomic mass is 9.89. The molecule has 0 bridgehead atoms. The van der Waals surface area contributed by atoms with Gasteiger partial charge in [0.25, 0.3) is 0 Å². The fourth-order valence-electron chi connectivity index (χ4n) is 4.47. The van der Waals surface area contributed by atoms with Crippen LogP contribution in [-0.4, -0.2) is 28.5 Å². The van der Waals surface area contributed by atoms with Crippen LogP contribution in [0.2, 0.25) is 0 Å². The summed E-state index contributed by atoms with van der Waals surface area (Å²) < 4.78 is 6.09. The van der Waals surface area contributed by atoms with Gasteiger partial charge in [0.05, 0.1) is 6.10 Å². The van der Waals surface area contributed by atoms with Gasteiger partial charge in [-0.2, -0.15) is 0 Å². The maximum atomic E-state index is 10.9. The van der Waals surface area contributed by atoms with E-state index < -0.39 is 6.41 Å². The first-order valence-corrected chi connectivity index (χ1v) is 9.91. The van der Waals surface area contributed by atoms with Crippen LogP contribution in [0.5, 0.6) is 0 Å². The lowest BCUT2D eigenvalue weighted by Gasteiger charge is -2.44. The molecule has 0 spiro atoms. The van der Waals surface area contributed by atoms with Gasteiger partial charge in [-0.1, -0.05) is 68.9 Å². The number of nitrogens with zero attached hydrogens (tertiary/aromatic N) is 1. The number of aliphatic hydroxyl groups is 1. The van der Waals surface area contributed by atoms with Crippen LogP contribution in [0.25, 0.3) is 0 Å². The summed E-state index contributed by atoms with van der Waals surface area (Å²) in [4.78, 5) is 2.33. The molecule has 2 atom stereocenters. The van der Waals surface area contributed by atoms with E-state index in [0.29, 0.717) is 12.1 Å². The zero-order chi connectivity index (χ0) is 16.8. The summed E-state index contributed by atoms with van der Waals surface area (Å²) in [6.45, 7) is 2.04. The first-order valence-electron chi connectivity index (χ1n) is 9.91. The second-order valence-corrected chi connectivity index (χ2v) is 7.55. The van der Waals surface area contributed by atoms with Crippen molar-refractivity contribution in [3.05, 3.63) is 35.9 Å². The van der Waals surface area contributed by atoms with E-state index in [1.165, 1.54) is 64.2 Å². The molecule has 24 heavy (non-hydrogen) atoms. The van der Waals surface area contributed by atoms with Gasteiger partial charge in [-0.25, -0.2) is 4.90 Å². The molecule has 134 valence electrons. The van der Waals surface area contributed by atoms with Crippen molar-refractivity contribution in [2.45, 2.75) is 95.7 Å². The Morgan fingerprint density at radius 3 is 1.88 bits per heavy atom. The fourth-order valence-corrected chi connectivity index (χ4v) is 4.47. The van der Waals surface area contributed by atoms with E-state index >= 15 is 0 Å². The van der Waals surface area contributed by atoms with Crippen molar-refractivity contribution in [2.75, 3.05) is 0 Å². The van der Waals surface area contributed by atoms with E-state index in [0.717, 1.165) is 5.56 Å². The van der Waals surface area contributed by atoms with Gasteiger partial charge in [0.1, 0.15) is 0 Å². The quantitative estimate of drug-likeness (QED) is 0.744. The fraction of sp³-hybridized carbons (Fsp3) is 0.714. The van der Waals surface area contributed by atoms with Crippen LogP contribution in [0.1, 0.15) is 82.8 Å². The molecular formula is C21H33NO2. The third-order valence-corrected chi connectivity index (χ3v) is 5.84. The van der Waals surface area contributed by atoms with Crippen LogP contribution < -0.4 is 0 Å². The van der Waals surface area contributed by atoms with E-state index in [-0.39, 0.29) is 6.10 Å². The number of aliphatic hydroxyl groups excluding tert-OH is 1. The number of benzene rings is 1. The Balaban J connectivity index is 1.68. The zero-order valence-electron chi connectivity index (χ0n) is 15.1. The number of ether oxygens (including phenoxy) is 1. The molecule has 0 radical (unpaired) electrons. The van der Waals surface area contributed by atoms with Crippen molar-refractivity contribution in [3.63, 3.8) is 0 Å². The molecule has 1 aromatic carbocycles. The van der Waals surface area contributed by atoms with E-state index in [9.17, 15) is 5.11 Å². The molecule has 0 amide bonds. The summed E-state index contributed by atoms with van der Waals surface area (Å²) >= 11 is 0. The highest BCUT2D eigenvalue weighted by molar-refractivity contribution is 5.16. The second kappa shape index (κ2) is 8.98. The summed E-state index contributed by atoms with van der Waals surface area (Å²) in [5.41, 5.74) is 1.13. The van der Waals surface area contributed by atoms with E-state index in [1.54, 1.807) is 0 Å². The Bertz CT molecular complexity index is 448. The SMILES string of the molecule is CC(OC(O)N(C1CCCCC1)C1CCCCC1)c1ccccc1. The Morgan fingerprint density at radius 1 is 0.875 bits per heavy atom. The van der Waals surface area contributed by atoms with Gasteiger partial charge in [0, 0.05) is 12.1 Å². The van der Waals surface area contributed by atoms with E-state index in [4.69, 9.17) is 4.74 Å². The summed E-state index contributed by atoms with van der Waals surface area (Å²) in [5, 5.41) is 10.9. The average Bonchev–Trinajstić information content (AvgIpc) is 2.64. The predicted octanol–water partition coefficient (Wildman–Crippen LogP) is 5.01. The van der Waals surface area contributed by atoms with Gasteiger partial charge in [-0.3, -0.25) is 0 Å². The highest BCUT2D eigenvalue weighted by atomic mass is 16.6. The first kappa shape index (κ1) is 17.9. The average molecular weight is 331 g/mol. The van der Waals surface area contributed by atoms with E-state index in [2.05, 4.69) is 17.0 Å². The Morgan fingerprint density at radius 2 is 1.38 bits per heavy atom. The normalized spacial score (nSPS) is 23.3. The van der Waals surface area contributed by atoms with E-state index in [1.807, 2.05) is 25.1 Å². The zero-order valence-corrected chi connectivity index (χ0v) is 15.1. The van der Waals surface area contributed by atoms with Crippen molar-refractivity contribution in [1.82, 2.24) is 4.90 Å². The summed E-state index contributed by atoms with van der Waals surface area (Å²) in [7, 11) is 0. The molecule has 2 fully saturated rings. The largest absolute Gasteiger partial charge is 0.356 e. The molecule has 3 nitrogen and oxygen atoms in total. The minimum atomic E-state index is -0.786. The van der Waals surface area contributed by atoms with Crippen LogP contribution in [0.3, 0.4) is 0 Å². The maximum absolute atomic E-state index is 10.9. The van der Waals surface area contributed by atoms with Crippen LogP contribution in [-0.2, 0) is 4.74 Å². The lowest BCUT2D eigenvalue weighted by molar-refractivity contribution is -0.243. The highest BCUT2D eigenvalue weighted by Gasteiger charge is 2.34. The third kappa shape index (κ3) is 4.59. The predicted molar refractivity (Wildman–Crippen MR) is 97.5 cm³/mol. The summed E-state index contributed by atoms with van der Waals surface area (Å²) in [5.74, 6) is 0. The van der Waals surface area contributed by atoms with Gasteiger partial charge >= 0.3 is 0 Å². The lowest BCUT2D eigenvalue weighted by Crippen LogP contribution is -2.52. The monoisotopic (exact) mass is 331 g/mol. The van der Waals surface area contributed by atoms with Crippen LogP contribution >= 0.6 is 0 Å². The van der Waals surface area contributed by atoms with Crippen molar-refractivity contribution < 1.29 is 9.84 Å². The van der Waals surface area contributed by atoms with Gasteiger partial charge in [-0.05, 0) is 38.2 Å². The van der Waals surface area contributed by atoms with Gasteiger partial charge in [-0.15, -0.1) is 0 Å². The molecule has 2 aliphatic rings. The third-order valence-electron chi connectivity index (χ3n) is 5.84. The molecule has 2 saturated carbocycles. The van der Waals surface area contributed by atoms with Crippen LogP contribution in [0.15, 0.2) is 30.3 Å². The van der Waals surface area contributed by atoms with Gasteiger partial charge < -0.3 is 9.84 Å². The number of rotatable bonds is 6. The molecule has 0 saturated heterocycles. The second-order valence-electron chi connectivity index (χ2n) is 7.55. The van der Waals surface area contributed by atoms with Crippen LogP contribution in [0, 0.1) is 0 Å². The topological polar surface area (TPSA) is 32.7 Å². The molecule has 3 heteroatoms. The molecule has 2 unspecified atom stereocenters. The maximum Gasteiger partial charge on any atom is 0.217 e. The molecule has 1 N–H and O–H groups in total. The first-order chi connectivity index (χ1) is 11.8. The Hall–Kier alpha value is -0.900. The van der Waals surface area contributed by atoms with Crippen LogP contribution in [0.4, 0.5) is 0 Å². The van der Waals surface area contributed by atoms with Gasteiger partial charge in [0.15, 0.2) is 0 Å². The Labute approximate surface area is 147 Å². The van der Waals surface area contributed by atoms with Crippen molar-refractivity contribution in [1.29, 1.82) is 0 Å². The smallest absolute Gasteiger partial charge is 0.217 e. The minimum Gasteiger partial charge on any atom is -0.356 e. The molecule has 0 heterocycles. The summed E-state index contributed by atoms with van der Waals surface area (Å²) in [6, 6.07) is 11.2. The molecule has 2 aliphatic carbocycles. The van der Waals surface area contributed by atoms with Crippen molar-refractivity contribution >= 4 is 0 Å². The minimum absolute atomic E-state index is 0.0871. The molecular weight excluding hydrogens is 298 g/mol. The molecule has 0 aliphatic heterocycles. The summed E-state index contributed by atoms with van der Waals surface area (Å²) in [6.07, 6.45) is 11.8. The highest BCUT2D eigenvalue weighted by Crippen LogP contribution is 2.32.